The van der Waals surface area contributed by atoms with Crippen LogP contribution in [0.4, 0.5) is 0 Å². The van der Waals surface area contributed by atoms with Crippen LogP contribution in [0.25, 0.3) is 10.2 Å². The van der Waals surface area contributed by atoms with E-state index in [0.717, 1.165) is 6.26 Å². The number of thiophene rings is 1. The second kappa shape index (κ2) is 3.99. The molecule has 2 aromatic rings. The molecular weight excluding hydrogens is 248 g/mol. The van der Waals surface area contributed by atoms with E-state index in [-0.39, 0.29) is 17.9 Å². The molecule has 16 heavy (non-hydrogen) atoms. The minimum absolute atomic E-state index is 0.0514. The average molecular weight is 258 g/mol. The molecule has 5 nitrogen and oxygen atoms in total. The molecule has 0 atom stereocenters. The van der Waals surface area contributed by atoms with Crippen molar-refractivity contribution >= 4 is 31.4 Å². The SMILES string of the molecule is CS(=O)(=O)CCn1cnc2sccc2c1=O. The van der Waals surface area contributed by atoms with Gasteiger partial charge >= 0.3 is 0 Å². The van der Waals surface area contributed by atoms with Crippen molar-refractivity contribution in [2.24, 2.45) is 0 Å². The lowest BCUT2D eigenvalue weighted by Gasteiger charge is -2.03. The summed E-state index contributed by atoms with van der Waals surface area (Å²) in [6.07, 6.45) is 2.54. The Labute approximate surface area is 96.3 Å². The summed E-state index contributed by atoms with van der Waals surface area (Å²) in [6, 6.07) is 1.70. The molecule has 2 aromatic heterocycles. The summed E-state index contributed by atoms with van der Waals surface area (Å²) in [5.41, 5.74) is -0.185. The maximum absolute atomic E-state index is 11.8. The van der Waals surface area contributed by atoms with Crippen LogP contribution in [0.3, 0.4) is 0 Å². The summed E-state index contributed by atoms with van der Waals surface area (Å²) in [7, 11) is -3.06. The number of nitrogens with zero attached hydrogens (tertiary/aromatic N) is 2. The zero-order valence-electron chi connectivity index (χ0n) is 8.58. The summed E-state index contributed by atoms with van der Waals surface area (Å²) < 4.78 is 23.3. The van der Waals surface area contributed by atoms with Gasteiger partial charge in [0.25, 0.3) is 5.56 Å². The summed E-state index contributed by atoms with van der Waals surface area (Å²) in [5, 5.41) is 2.33. The zero-order chi connectivity index (χ0) is 11.8. The summed E-state index contributed by atoms with van der Waals surface area (Å²) in [4.78, 5) is 16.6. The van der Waals surface area contributed by atoms with Crippen LogP contribution in [0.2, 0.25) is 0 Å². The van der Waals surface area contributed by atoms with Crippen molar-refractivity contribution in [2.75, 3.05) is 12.0 Å². The Morgan fingerprint density at radius 2 is 2.25 bits per heavy atom. The molecule has 86 valence electrons. The normalized spacial score (nSPS) is 12.1. The van der Waals surface area contributed by atoms with Gasteiger partial charge in [-0.05, 0) is 11.4 Å². The number of aryl methyl sites for hydroxylation is 1. The van der Waals surface area contributed by atoms with Gasteiger partial charge in [0.1, 0.15) is 14.7 Å². The third kappa shape index (κ3) is 2.30. The van der Waals surface area contributed by atoms with Gasteiger partial charge < -0.3 is 0 Å². The number of sulfone groups is 1. The first-order valence-corrected chi connectivity index (χ1v) is 7.52. The third-order valence-corrected chi connectivity index (χ3v) is 3.90. The molecule has 0 unspecified atom stereocenters. The monoisotopic (exact) mass is 258 g/mol. The van der Waals surface area contributed by atoms with Gasteiger partial charge in [-0.15, -0.1) is 11.3 Å². The number of hydrogen-bond acceptors (Lipinski definition) is 5. The largest absolute Gasteiger partial charge is 0.298 e. The molecule has 0 aliphatic heterocycles. The maximum Gasteiger partial charge on any atom is 0.262 e. The smallest absolute Gasteiger partial charge is 0.262 e. The van der Waals surface area contributed by atoms with Gasteiger partial charge in [-0.3, -0.25) is 9.36 Å². The van der Waals surface area contributed by atoms with Crippen LogP contribution < -0.4 is 5.56 Å². The molecular formula is C9H10N2O3S2. The van der Waals surface area contributed by atoms with Crippen LogP contribution in [0, 0.1) is 0 Å². The highest BCUT2D eigenvalue weighted by atomic mass is 32.2. The molecule has 2 heterocycles. The lowest BCUT2D eigenvalue weighted by atomic mass is 10.4. The molecule has 0 saturated heterocycles. The van der Waals surface area contributed by atoms with Crippen LogP contribution in [-0.4, -0.2) is 30.0 Å². The maximum atomic E-state index is 11.8. The van der Waals surface area contributed by atoms with Gasteiger partial charge in [0, 0.05) is 12.8 Å². The highest BCUT2D eigenvalue weighted by molar-refractivity contribution is 7.90. The second-order valence-electron chi connectivity index (χ2n) is 3.51. The Kier molecular flexibility index (Phi) is 2.81. The molecule has 0 aliphatic rings. The van der Waals surface area contributed by atoms with E-state index >= 15 is 0 Å². The molecule has 0 radical (unpaired) electrons. The zero-order valence-corrected chi connectivity index (χ0v) is 10.2. The first-order chi connectivity index (χ1) is 7.47. The molecule has 0 amide bonds. The first-order valence-electron chi connectivity index (χ1n) is 4.58. The van der Waals surface area contributed by atoms with Crippen molar-refractivity contribution in [3.63, 3.8) is 0 Å². The number of rotatable bonds is 3. The van der Waals surface area contributed by atoms with Crippen LogP contribution in [-0.2, 0) is 16.4 Å². The van der Waals surface area contributed by atoms with Gasteiger partial charge in [-0.1, -0.05) is 0 Å². The van der Waals surface area contributed by atoms with Crippen molar-refractivity contribution in [1.82, 2.24) is 9.55 Å². The lowest BCUT2D eigenvalue weighted by Crippen LogP contribution is -2.23. The molecule has 0 N–H and O–H groups in total. The number of fused-ring (bicyclic) bond motifs is 1. The predicted molar refractivity (Wildman–Crippen MR) is 63.6 cm³/mol. The van der Waals surface area contributed by atoms with Gasteiger partial charge in [-0.2, -0.15) is 0 Å². The van der Waals surface area contributed by atoms with E-state index in [1.165, 1.54) is 22.2 Å². The summed E-state index contributed by atoms with van der Waals surface area (Å²) in [5.74, 6) is -0.0514. The van der Waals surface area contributed by atoms with E-state index < -0.39 is 9.84 Å². The molecule has 0 fully saturated rings. The fourth-order valence-electron chi connectivity index (χ4n) is 1.32. The van der Waals surface area contributed by atoms with E-state index in [0.29, 0.717) is 10.2 Å². The van der Waals surface area contributed by atoms with Gasteiger partial charge in [0.2, 0.25) is 0 Å². The van der Waals surface area contributed by atoms with E-state index in [1.807, 2.05) is 0 Å². The number of hydrogen-bond donors (Lipinski definition) is 0. The van der Waals surface area contributed by atoms with Crippen molar-refractivity contribution in [2.45, 2.75) is 6.54 Å². The third-order valence-electron chi connectivity index (χ3n) is 2.15. The molecule has 0 spiro atoms. The van der Waals surface area contributed by atoms with Crippen molar-refractivity contribution in [3.05, 3.63) is 28.1 Å². The fraction of sp³-hybridized carbons (Fsp3) is 0.333. The van der Waals surface area contributed by atoms with Gasteiger partial charge in [-0.25, -0.2) is 13.4 Å². The topological polar surface area (TPSA) is 69.0 Å². The molecule has 2 rings (SSSR count). The Morgan fingerprint density at radius 1 is 1.50 bits per heavy atom. The van der Waals surface area contributed by atoms with Crippen LogP contribution in [0.1, 0.15) is 0 Å². The Bertz CT molecular complexity index is 669. The van der Waals surface area contributed by atoms with Crippen LogP contribution >= 0.6 is 11.3 Å². The fourth-order valence-corrected chi connectivity index (χ4v) is 2.57. The minimum Gasteiger partial charge on any atom is -0.298 e. The highest BCUT2D eigenvalue weighted by Gasteiger charge is 2.07. The second-order valence-corrected chi connectivity index (χ2v) is 6.67. The molecule has 0 saturated carbocycles. The highest BCUT2D eigenvalue weighted by Crippen LogP contribution is 2.13. The average Bonchev–Trinajstić information content (AvgIpc) is 2.64. The molecule has 0 aliphatic carbocycles. The number of aromatic nitrogens is 2. The Hall–Kier alpha value is -1.21. The molecule has 0 aromatic carbocycles. The van der Waals surface area contributed by atoms with Crippen LogP contribution in [0.15, 0.2) is 22.6 Å². The summed E-state index contributed by atoms with van der Waals surface area (Å²) >= 11 is 1.39. The first kappa shape index (κ1) is 11.3. The van der Waals surface area contributed by atoms with E-state index in [2.05, 4.69) is 4.98 Å². The Balaban J connectivity index is 2.39. The standard InChI is InChI=1S/C9H10N2O3S2/c1-16(13,14)5-3-11-6-10-8-7(9(11)12)2-4-15-8/h2,4,6H,3,5H2,1H3. The van der Waals surface area contributed by atoms with Crippen LogP contribution in [0.5, 0.6) is 0 Å². The van der Waals surface area contributed by atoms with E-state index in [1.54, 1.807) is 11.4 Å². The Morgan fingerprint density at radius 3 is 2.94 bits per heavy atom. The lowest BCUT2D eigenvalue weighted by molar-refractivity contribution is 0.592. The molecule has 0 bridgehead atoms. The van der Waals surface area contributed by atoms with Gasteiger partial charge in [0.05, 0.1) is 17.5 Å². The van der Waals surface area contributed by atoms with Crippen molar-refractivity contribution in [1.29, 1.82) is 0 Å². The van der Waals surface area contributed by atoms with E-state index in [9.17, 15) is 13.2 Å². The predicted octanol–water partition coefficient (Wildman–Crippen LogP) is 0.503. The van der Waals surface area contributed by atoms with Crippen molar-refractivity contribution < 1.29 is 8.42 Å². The summed E-state index contributed by atoms with van der Waals surface area (Å²) in [6.45, 7) is 0.149. The van der Waals surface area contributed by atoms with Crippen molar-refractivity contribution in [3.8, 4) is 0 Å². The minimum atomic E-state index is -3.06. The quantitative estimate of drug-likeness (QED) is 0.804. The molecule has 7 heteroatoms. The van der Waals surface area contributed by atoms with E-state index in [4.69, 9.17) is 0 Å². The van der Waals surface area contributed by atoms with Gasteiger partial charge in [0.15, 0.2) is 0 Å².